The summed E-state index contributed by atoms with van der Waals surface area (Å²) in [5, 5.41) is 5.24. The van der Waals surface area contributed by atoms with Crippen molar-refractivity contribution in [2.75, 3.05) is 39.4 Å². The molecule has 0 unspecified atom stereocenters. The van der Waals surface area contributed by atoms with Gasteiger partial charge in [0.15, 0.2) is 0 Å². The van der Waals surface area contributed by atoms with Gasteiger partial charge in [-0.1, -0.05) is 11.6 Å². The van der Waals surface area contributed by atoms with Crippen LogP contribution < -0.4 is 0 Å². The van der Waals surface area contributed by atoms with E-state index in [0.717, 1.165) is 24.2 Å². The van der Waals surface area contributed by atoms with Gasteiger partial charge in [0.25, 0.3) is 5.91 Å². The topological polar surface area (TPSA) is 76.9 Å². The molecule has 0 radical (unpaired) electrons. The maximum Gasteiger partial charge on any atom is 0.410 e. The van der Waals surface area contributed by atoms with Crippen LogP contribution in [0, 0.1) is 0 Å². The largest absolute Gasteiger partial charge is 0.444 e. The van der Waals surface area contributed by atoms with Crippen LogP contribution in [0.3, 0.4) is 0 Å². The second-order valence-corrected chi connectivity index (χ2v) is 9.91. The molecular weight excluding hydrogens is 444 g/mol. The summed E-state index contributed by atoms with van der Waals surface area (Å²) in [6.07, 6.45) is 2.82. The third kappa shape index (κ3) is 5.50. The summed E-state index contributed by atoms with van der Waals surface area (Å²) in [7, 11) is 0. The van der Waals surface area contributed by atoms with Gasteiger partial charge in [-0.2, -0.15) is 5.10 Å². The Morgan fingerprint density at radius 2 is 1.67 bits per heavy atom. The Kier molecular flexibility index (Phi) is 6.95. The van der Waals surface area contributed by atoms with Crippen LogP contribution in [0.2, 0.25) is 5.02 Å². The molecule has 3 heterocycles. The summed E-state index contributed by atoms with van der Waals surface area (Å²) in [6, 6.07) is 7.43. The van der Waals surface area contributed by atoms with Crippen LogP contribution in [0.15, 0.2) is 30.5 Å². The monoisotopic (exact) mass is 474 g/mol. The van der Waals surface area contributed by atoms with E-state index in [1.807, 2.05) is 54.6 Å². The average Bonchev–Trinajstić information content (AvgIpc) is 3.23. The van der Waals surface area contributed by atoms with Crippen LogP contribution in [0.4, 0.5) is 4.79 Å². The Morgan fingerprint density at radius 3 is 2.27 bits per heavy atom. The molecule has 0 aliphatic carbocycles. The van der Waals surface area contributed by atoms with Gasteiger partial charge in [0.1, 0.15) is 5.60 Å². The van der Waals surface area contributed by atoms with Crippen LogP contribution in [0.5, 0.6) is 0 Å². The van der Waals surface area contributed by atoms with Crippen LogP contribution in [0.25, 0.3) is 5.69 Å². The number of halogens is 1. The maximum atomic E-state index is 13.4. The average molecular weight is 475 g/mol. The second kappa shape index (κ2) is 9.73. The lowest BCUT2D eigenvalue weighted by Gasteiger charge is -2.34. The predicted molar refractivity (Wildman–Crippen MR) is 125 cm³/mol. The van der Waals surface area contributed by atoms with E-state index in [2.05, 4.69) is 5.10 Å². The minimum Gasteiger partial charge on any atom is -0.444 e. The zero-order valence-electron chi connectivity index (χ0n) is 19.4. The molecule has 33 heavy (non-hydrogen) atoms. The Morgan fingerprint density at radius 1 is 1.03 bits per heavy atom. The number of carbonyl (C=O) groups excluding carboxylic acids is 2. The molecule has 1 aromatic heterocycles. The second-order valence-electron chi connectivity index (χ2n) is 9.48. The first-order chi connectivity index (χ1) is 15.7. The Hall–Kier alpha value is -2.58. The molecular formula is C24H31ClN4O4. The van der Waals surface area contributed by atoms with Gasteiger partial charge in [-0.25, -0.2) is 9.48 Å². The lowest BCUT2D eigenvalue weighted by Crippen LogP contribution is -2.42. The summed E-state index contributed by atoms with van der Waals surface area (Å²) < 4.78 is 12.8. The van der Waals surface area contributed by atoms with E-state index in [1.165, 1.54) is 0 Å². The number of likely N-dealkylation sites (tertiary alicyclic amines) is 1. The van der Waals surface area contributed by atoms with Crippen molar-refractivity contribution in [3.8, 4) is 5.69 Å². The molecule has 2 saturated heterocycles. The van der Waals surface area contributed by atoms with E-state index in [9.17, 15) is 9.59 Å². The van der Waals surface area contributed by atoms with E-state index in [0.29, 0.717) is 50.0 Å². The predicted octanol–water partition coefficient (Wildman–Crippen LogP) is 4.11. The van der Waals surface area contributed by atoms with Gasteiger partial charge in [0.2, 0.25) is 0 Å². The van der Waals surface area contributed by atoms with Crippen molar-refractivity contribution >= 4 is 23.6 Å². The molecule has 0 spiro atoms. The lowest BCUT2D eigenvalue weighted by molar-refractivity contribution is 0.0201. The fourth-order valence-electron chi connectivity index (χ4n) is 4.30. The number of ether oxygens (including phenoxy) is 2. The summed E-state index contributed by atoms with van der Waals surface area (Å²) in [6.45, 7) is 8.96. The summed E-state index contributed by atoms with van der Waals surface area (Å²) in [5.74, 6) is 0.0601. The minimum absolute atomic E-state index is 0.0249. The number of amides is 2. The summed E-state index contributed by atoms with van der Waals surface area (Å²) in [5.41, 5.74) is 1.82. The molecule has 2 aliphatic heterocycles. The number of carbonyl (C=O) groups is 2. The normalized spacial score (nSPS) is 17.8. The molecule has 9 heteroatoms. The number of morpholine rings is 1. The van der Waals surface area contributed by atoms with Crippen LogP contribution >= 0.6 is 11.6 Å². The first-order valence-corrected chi connectivity index (χ1v) is 11.8. The standard InChI is InChI=1S/C24H31ClN4O4/c1-24(2,3)33-23(31)28-10-8-17(9-11-28)21-20(22(30)27-12-14-32-15-13-27)16-26-29(21)19-6-4-18(25)5-7-19/h4-7,16-17H,8-15H2,1-3H3. The first kappa shape index (κ1) is 23.6. The number of rotatable bonds is 3. The minimum atomic E-state index is -0.529. The van der Waals surface area contributed by atoms with Gasteiger partial charge in [-0.15, -0.1) is 0 Å². The highest BCUT2D eigenvalue weighted by molar-refractivity contribution is 6.30. The van der Waals surface area contributed by atoms with Crippen molar-refractivity contribution in [2.24, 2.45) is 0 Å². The molecule has 1 aromatic carbocycles. The fourth-order valence-corrected chi connectivity index (χ4v) is 4.43. The van der Waals surface area contributed by atoms with Gasteiger partial charge >= 0.3 is 6.09 Å². The van der Waals surface area contributed by atoms with E-state index >= 15 is 0 Å². The molecule has 0 N–H and O–H groups in total. The number of hydrogen-bond acceptors (Lipinski definition) is 5. The molecule has 2 amide bonds. The van der Waals surface area contributed by atoms with E-state index < -0.39 is 5.60 Å². The molecule has 0 bridgehead atoms. The first-order valence-electron chi connectivity index (χ1n) is 11.4. The zero-order chi connectivity index (χ0) is 23.6. The molecule has 0 saturated carbocycles. The highest BCUT2D eigenvalue weighted by atomic mass is 35.5. The van der Waals surface area contributed by atoms with E-state index in [1.54, 1.807) is 11.1 Å². The molecule has 2 fully saturated rings. The SMILES string of the molecule is CC(C)(C)OC(=O)N1CCC(c2c(C(=O)N3CCOCC3)cnn2-c2ccc(Cl)cc2)CC1. The van der Waals surface area contributed by atoms with Gasteiger partial charge in [0, 0.05) is 37.1 Å². The molecule has 2 aromatic rings. The Balaban J connectivity index is 1.60. The third-order valence-corrected chi connectivity index (χ3v) is 6.19. The van der Waals surface area contributed by atoms with E-state index in [4.69, 9.17) is 21.1 Å². The van der Waals surface area contributed by atoms with Crippen LogP contribution in [-0.2, 0) is 9.47 Å². The van der Waals surface area contributed by atoms with Crippen molar-refractivity contribution in [3.63, 3.8) is 0 Å². The third-order valence-electron chi connectivity index (χ3n) is 5.94. The van der Waals surface area contributed by atoms with Crippen molar-refractivity contribution in [1.82, 2.24) is 19.6 Å². The number of piperidine rings is 1. The molecule has 4 rings (SSSR count). The maximum absolute atomic E-state index is 13.4. The number of aromatic nitrogens is 2. The van der Waals surface area contributed by atoms with Crippen LogP contribution in [-0.4, -0.2) is 76.6 Å². The zero-order valence-corrected chi connectivity index (χ0v) is 20.2. The van der Waals surface area contributed by atoms with Gasteiger partial charge in [0.05, 0.1) is 36.4 Å². The summed E-state index contributed by atoms with van der Waals surface area (Å²) >= 11 is 6.08. The lowest BCUT2D eigenvalue weighted by atomic mass is 9.90. The van der Waals surface area contributed by atoms with Crippen molar-refractivity contribution in [3.05, 3.63) is 46.7 Å². The van der Waals surface area contributed by atoms with Gasteiger partial charge in [-0.05, 0) is 57.9 Å². The molecule has 2 aliphatic rings. The van der Waals surface area contributed by atoms with Crippen molar-refractivity contribution in [1.29, 1.82) is 0 Å². The Bertz CT molecular complexity index is 985. The van der Waals surface area contributed by atoms with Crippen molar-refractivity contribution in [2.45, 2.75) is 45.1 Å². The van der Waals surface area contributed by atoms with Crippen molar-refractivity contribution < 1.29 is 19.1 Å². The summed E-state index contributed by atoms with van der Waals surface area (Å²) in [4.78, 5) is 29.5. The van der Waals surface area contributed by atoms with Gasteiger partial charge < -0.3 is 19.3 Å². The molecule has 0 atom stereocenters. The van der Waals surface area contributed by atoms with E-state index in [-0.39, 0.29) is 17.9 Å². The molecule has 178 valence electrons. The highest BCUT2D eigenvalue weighted by Gasteiger charge is 2.33. The fraction of sp³-hybridized carbons (Fsp3) is 0.542. The smallest absolute Gasteiger partial charge is 0.410 e. The molecule has 8 nitrogen and oxygen atoms in total. The number of hydrogen-bond donors (Lipinski definition) is 0. The highest BCUT2D eigenvalue weighted by Crippen LogP contribution is 2.33. The quantitative estimate of drug-likeness (QED) is 0.669. The van der Waals surface area contributed by atoms with Gasteiger partial charge in [-0.3, -0.25) is 4.79 Å². The number of nitrogens with zero attached hydrogens (tertiary/aromatic N) is 4. The number of benzene rings is 1. The van der Waals surface area contributed by atoms with Crippen LogP contribution in [0.1, 0.15) is 55.6 Å². The Labute approximate surface area is 199 Å².